The summed E-state index contributed by atoms with van der Waals surface area (Å²) in [7, 11) is 0. The lowest BCUT2D eigenvalue weighted by Crippen LogP contribution is -2.19. The Balaban J connectivity index is 1.85. The van der Waals surface area contributed by atoms with Gasteiger partial charge in [-0.2, -0.15) is 0 Å². The van der Waals surface area contributed by atoms with Crippen molar-refractivity contribution in [2.45, 2.75) is 26.3 Å². The van der Waals surface area contributed by atoms with E-state index in [0.717, 1.165) is 37.1 Å². The molecular weight excluding hydrogens is 321 g/mol. The Morgan fingerprint density at radius 2 is 2.00 bits per heavy atom. The minimum atomic E-state index is -0.763. The molecule has 0 bridgehead atoms. The molecule has 3 nitrogen and oxygen atoms in total. The molecule has 2 N–H and O–H groups in total. The topological polar surface area (TPSA) is 49.3 Å². The van der Waals surface area contributed by atoms with Gasteiger partial charge in [0.2, 0.25) is 0 Å². The summed E-state index contributed by atoms with van der Waals surface area (Å²) in [4.78, 5) is 11.0. The monoisotopic (exact) mass is 339 g/mol. The summed E-state index contributed by atoms with van der Waals surface area (Å²) < 4.78 is 0. The molecule has 1 aromatic carbocycles. The molecule has 1 aliphatic rings. The Morgan fingerprint density at radius 1 is 1.23 bits per heavy atom. The Hall–Kier alpha value is -1.29. The molecule has 2 rings (SSSR count). The van der Waals surface area contributed by atoms with E-state index in [0.29, 0.717) is 10.0 Å². The molecule has 22 heavy (non-hydrogen) atoms. The van der Waals surface area contributed by atoms with Crippen molar-refractivity contribution >= 4 is 29.2 Å². The highest BCUT2D eigenvalue weighted by Gasteiger charge is 2.18. The van der Waals surface area contributed by atoms with Crippen LogP contribution in [-0.2, 0) is 11.3 Å². The van der Waals surface area contributed by atoms with E-state index < -0.39 is 11.9 Å². The van der Waals surface area contributed by atoms with E-state index in [1.807, 2.05) is 24.3 Å². The molecule has 0 aromatic heterocycles. The van der Waals surface area contributed by atoms with Gasteiger partial charge in [-0.3, -0.25) is 4.79 Å². The smallest absolute Gasteiger partial charge is 0.310 e. The number of hydrogen-bond acceptors (Lipinski definition) is 2. The lowest BCUT2D eigenvalue weighted by Gasteiger charge is -2.18. The van der Waals surface area contributed by atoms with Gasteiger partial charge < -0.3 is 10.4 Å². The van der Waals surface area contributed by atoms with E-state index >= 15 is 0 Å². The summed E-state index contributed by atoms with van der Waals surface area (Å²) >= 11 is 11.9. The quantitative estimate of drug-likeness (QED) is 0.804. The van der Waals surface area contributed by atoms with Crippen LogP contribution in [0, 0.1) is 5.92 Å². The first-order chi connectivity index (χ1) is 10.5. The summed E-state index contributed by atoms with van der Waals surface area (Å²) in [6, 6.07) is 5.60. The highest BCUT2D eigenvalue weighted by molar-refractivity contribution is 6.42. The molecule has 0 spiro atoms. The first-order valence-corrected chi connectivity index (χ1v) is 7.99. The predicted molar refractivity (Wildman–Crippen MR) is 90.4 cm³/mol. The SMILES string of the molecule is CC(C(=O)O)C1=CC=C(CNCc2ccc(Cl)c(Cl)c2)CC1. The van der Waals surface area contributed by atoms with Gasteiger partial charge in [0.05, 0.1) is 16.0 Å². The molecule has 0 saturated carbocycles. The zero-order valence-electron chi connectivity index (χ0n) is 12.4. The first-order valence-electron chi connectivity index (χ1n) is 7.23. The number of halogens is 2. The molecule has 0 heterocycles. The number of carboxylic acid groups (broad SMARTS) is 1. The molecule has 1 aliphatic carbocycles. The fraction of sp³-hybridized carbons (Fsp3) is 0.353. The molecular formula is C17H19Cl2NO2. The Kier molecular flexibility index (Phi) is 6.07. The lowest BCUT2D eigenvalue weighted by atomic mass is 9.90. The van der Waals surface area contributed by atoms with Gasteiger partial charge in [-0.05, 0) is 37.5 Å². The highest BCUT2D eigenvalue weighted by atomic mass is 35.5. The summed E-state index contributed by atoms with van der Waals surface area (Å²) in [5.74, 6) is -1.16. The van der Waals surface area contributed by atoms with E-state index in [2.05, 4.69) is 5.32 Å². The van der Waals surface area contributed by atoms with Crippen molar-refractivity contribution < 1.29 is 9.90 Å². The van der Waals surface area contributed by atoms with Crippen LogP contribution in [0.15, 0.2) is 41.5 Å². The molecule has 0 aliphatic heterocycles. The number of aliphatic carboxylic acids is 1. The van der Waals surface area contributed by atoms with Gasteiger partial charge in [0.15, 0.2) is 0 Å². The third-order valence-corrected chi connectivity index (χ3v) is 4.60. The molecule has 5 heteroatoms. The van der Waals surface area contributed by atoms with E-state index in [4.69, 9.17) is 28.3 Å². The van der Waals surface area contributed by atoms with E-state index in [9.17, 15) is 4.79 Å². The van der Waals surface area contributed by atoms with Crippen LogP contribution in [0.5, 0.6) is 0 Å². The average molecular weight is 340 g/mol. The summed E-state index contributed by atoms with van der Waals surface area (Å²) in [5.41, 5.74) is 3.35. The van der Waals surface area contributed by atoms with Crippen molar-refractivity contribution in [2.24, 2.45) is 5.92 Å². The minimum absolute atomic E-state index is 0.401. The second-order valence-electron chi connectivity index (χ2n) is 5.48. The van der Waals surface area contributed by atoms with Gasteiger partial charge in [0, 0.05) is 13.1 Å². The largest absolute Gasteiger partial charge is 0.481 e. The van der Waals surface area contributed by atoms with Crippen LogP contribution in [0.4, 0.5) is 0 Å². The maximum absolute atomic E-state index is 11.0. The highest BCUT2D eigenvalue weighted by Crippen LogP contribution is 2.25. The summed E-state index contributed by atoms with van der Waals surface area (Å²) in [6.07, 6.45) is 5.68. The maximum Gasteiger partial charge on any atom is 0.310 e. The molecule has 0 amide bonds. The van der Waals surface area contributed by atoms with E-state index in [1.54, 1.807) is 13.0 Å². The second kappa shape index (κ2) is 7.82. The first kappa shape index (κ1) is 17.1. The van der Waals surface area contributed by atoms with Crippen molar-refractivity contribution in [1.29, 1.82) is 0 Å². The van der Waals surface area contributed by atoms with Crippen LogP contribution in [0.25, 0.3) is 0 Å². The molecule has 1 atom stereocenters. The molecule has 0 radical (unpaired) electrons. The molecule has 0 fully saturated rings. The number of carbonyl (C=O) groups is 1. The van der Waals surface area contributed by atoms with Crippen molar-refractivity contribution in [3.05, 3.63) is 57.1 Å². The second-order valence-corrected chi connectivity index (χ2v) is 6.29. The molecule has 0 saturated heterocycles. The number of allylic oxidation sites excluding steroid dienone is 2. The number of rotatable bonds is 6. The van der Waals surface area contributed by atoms with Gasteiger partial charge in [0.25, 0.3) is 0 Å². The van der Waals surface area contributed by atoms with Crippen LogP contribution in [-0.4, -0.2) is 17.6 Å². The van der Waals surface area contributed by atoms with Gasteiger partial charge in [0.1, 0.15) is 0 Å². The fourth-order valence-corrected chi connectivity index (χ4v) is 2.70. The predicted octanol–water partition coefficient (Wildman–Crippen LogP) is 4.45. The number of nitrogens with one attached hydrogen (secondary N) is 1. The van der Waals surface area contributed by atoms with Gasteiger partial charge in [-0.25, -0.2) is 0 Å². The molecule has 1 unspecified atom stereocenters. The minimum Gasteiger partial charge on any atom is -0.481 e. The normalized spacial score (nSPS) is 16.0. The zero-order valence-corrected chi connectivity index (χ0v) is 13.9. The maximum atomic E-state index is 11.0. The van der Waals surface area contributed by atoms with Crippen LogP contribution in [0.1, 0.15) is 25.3 Å². The number of carboxylic acids is 1. The van der Waals surface area contributed by atoms with Crippen LogP contribution in [0.3, 0.4) is 0 Å². The van der Waals surface area contributed by atoms with E-state index in [-0.39, 0.29) is 0 Å². The van der Waals surface area contributed by atoms with Gasteiger partial charge in [-0.1, -0.05) is 52.6 Å². The molecule has 1 aromatic rings. The fourth-order valence-electron chi connectivity index (χ4n) is 2.38. The average Bonchev–Trinajstić information content (AvgIpc) is 2.51. The van der Waals surface area contributed by atoms with Gasteiger partial charge in [-0.15, -0.1) is 0 Å². The lowest BCUT2D eigenvalue weighted by molar-refractivity contribution is -0.139. The summed E-state index contributed by atoms with van der Waals surface area (Å²) in [6.45, 7) is 3.23. The summed E-state index contributed by atoms with van der Waals surface area (Å²) in [5, 5.41) is 13.5. The van der Waals surface area contributed by atoms with Gasteiger partial charge >= 0.3 is 5.97 Å². The third-order valence-electron chi connectivity index (χ3n) is 3.86. The van der Waals surface area contributed by atoms with Crippen LogP contribution in [0.2, 0.25) is 10.0 Å². The van der Waals surface area contributed by atoms with Crippen molar-refractivity contribution in [3.63, 3.8) is 0 Å². The van der Waals surface area contributed by atoms with E-state index in [1.165, 1.54) is 5.57 Å². The van der Waals surface area contributed by atoms with Crippen LogP contribution >= 0.6 is 23.2 Å². The molecule has 118 valence electrons. The van der Waals surface area contributed by atoms with Crippen molar-refractivity contribution in [1.82, 2.24) is 5.32 Å². The van der Waals surface area contributed by atoms with Crippen molar-refractivity contribution in [3.8, 4) is 0 Å². The Labute approximate surface area is 140 Å². The van der Waals surface area contributed by atoms with Crippen LogP contribution < -0.4 is 5.32 Å². The standard InChI is InChI=1S/C17H19Cl2NO2/c1-11(17(21)22)14-5-2-12(3-6-14)9-20-10-13-4-7-15(18)16(19)8-13/h2,4-5,7-8,11,20H,3,6,9-10H2,1H3,(H,21,22). The Morgan fingerprint density at radius 3 is 2.59 bits per heavy atom. The number of hydrogen-bond donors (Lipinski definition) is 2. The zero-order chi connectivity index (χ0) is 16.1. The third kappa shape index (κ3) is 4.60. The Bertz CT molecular complexity index is 623. The number of benzene rings is 1. The van der Waals surface area contributed by atoms with Crippen molar-refractivity contribution in [2.75, 3.05) is 6.54 Å².